The molecule has 0 spiro atoms. The minimum absolute atomic E-state index is 0.0212. The maximum absolute atomic E-state index is 13.4. The third-order valence-electron chi connectivity index (χ3n) is 4.91. The molecule has 2 atom stereocenters. The average molecular weight is 343 g/mol. The lowest BCUT2D eigenvalue weighted by Crippen LogP contribution is -2.40. The van der Waals surface area contributed by atoms with E-state index in [9.17, 15) is 9.18 Å². The number of halogens is 1. The summed E-state index contributed by atoms with van der Waals surface area (Å²) >= 11 is 0. The second kappa shape index (κ2) is 8.06. The first-order chi connectivity index (χ1) is 12.2. The van der Waals surface area contributed by atoms with Crippen molar-refractivity contribution in [1.29, 1.82) is 5.26 Å². The summed E-state index contributed by atoms with van der Waals surface area (Å²) in [5.41, 5.74) is 0.279. The van der Waals surface area contributed by atoms with Crippen LogP contribution >= 0.6 is 0 Å². The largest absolute Gasteiger partial charge is 0.366 e. The summed E-state index contributed by atoms with van der Waals surface area (Å²) in [6.07, 6.45) is 9.70. The summed E-state index contributed by atoms with van der Waals surface area (Å²) in [5, 5.41) is 12.1. The minimum Gasteiger partial charge on any atom is -0.366 e. The van der Waals surface area contributed by atoms with Gasteiger partial charge in [-0.25, -0.2) is 14.4 Å². The van der Waals surface area contributed by atoms with E-state index < -0.39 is 0 Å². The van der Waals surface area contributed by atoms with Crippen LogP contribution in [0.15, 0.2) is 24.3 Å². The van der Waals surface area contributed by atoms with E-state index >= 15 is 0 Å². The van der Waals surface area contributed by atoms with Gasteiger partial charge in [0.2, 0.25) is 5.91 Å². The monoisotopic (exact) mass is 343 g/mol. The van der Waals surface area contributed by atoms with Crippen LogP contribution in [-0.4, -0.2) is 39.9 Å². The highest BCUT2D eigenvalue weighted by Crippen LogP contribution is 2.30. The van der Waals surface area contributed by atoms with E-state index in [-0.39, 0.29) is 35.9 Å². The predicted octanol–water partition coefficient (Wildman–Crippen LogP) is 2.79. The van der Waals surface area contributed by atoms with Gasteiger partial charge in [-0.2, -0.15) is 5.26 Å². The van der Waals surface area contributed by atoms with E-state index in [1.807, 2.05) is 6.07 Å². The minimum atomic E-state index is -0.217. The van der Waals surface area contributed by atoms with E-state index in [4.69, 9.17) is 5.26 Å². The van der Waals surface area contributed by atoms with Crippen molar-refractivity contribution in [2.45, 2.75) is 44.6 Å². The van der Waals surface area contributed by atoms with E-state index in [2.05, 4.69) is 15.3 Å². The average Bonchev–Trinajstić information content (AvgIpc) is 2.64. The zero-order valence-electron chi connectivity index (χ0n) is 14.1. The normalized spacial score (nSPS) is 23.5. The maximum atomic E-state index is 13.4. The molecule has 2 heterocycles. The lowest BCUT2D eigenvalue weighted by atomic mass is 9.82. The van der Waals surface area contributed by atoms with Crippen LogP contribution in [0.2, 0.25) is 0 Å². The molecule has 0 saturated heterocycles. The van der Waals surface area contributed by atoms with Crippen LogP contribution in [0.1, 0.15) is 44.2 Å². The van der Waals surface area contributed by atoms with Gasteiger partial charge in [0.15, 0.2) is 5.69 Å². The Labute approximate surface area is 146 Å². The second-order valence-corrected chi connectivity index (χ2v) is 6.65. The molecule has 0 radical (unpaired) electrons. The molecular weight excluding hydrogens is 321 g/mol. The van der Waals surface area contributed by atoms with Crippen molar-refractivity contribution >= 4 is 11.7 Å². The number of hydrogen-bond acceptors (Lipinski definition) is 5. The lowest BCUT2D eigenvalue weighted by molar-refractivity contribution is -0.132. The number of anilines is 1. The molecule has 0 bridgehead atoms. The first-order valence-corrected chi connectivity index (χ1v) is 8.76. The van der Waals surface area contributed by atoms with Crippen molar-refractivity contribution in [3.05, 3.63) is 30.0 Å². The molecule has 2 aliphatic rings. The fourth-order valence-corrected chi connectivity index (χ4v) is 3.56. The SMILES string of the molecule is N#Cc1cnc(N[C@H]2CCCC[C@H]2CC(=O)N2CCC=C(F)C2)cn1. The number of nitriles is 1. The predicted molar refractivity (Wildman–Crippen MR) is 91.1 cm³/mol. The second-order valence-electron chi connectivity index (χ2n) is 6.65. The topological polar surface area (TPSA) is 81.9 Å². The highest BCUT2D eigenvalue weighted by atomic mass is 19.1. The molecule has 1 fully saturated rings. The summed E-state index contributed by atoms with van der Waals surface area (Å²) in [4.78, 5) is 22.4. The summed E-state index contributed by atoms with van der Waals surface area (Å²) in [5.74, 6) is 0.626. The van der Waals surface area contributed by atoms with Crippen molar-refractivity contribution in [2.75, 3.05) is 18.4 Å². The van der Waals surface area contributed by atoms with Gasteiger partial charge in [0.05, 0.1) is 18.9 Å². The van der Waals surface area contributed by atoms with Gasteiger partial charge in [0.1, 0.15) is 17.7 Å². The summed E-state index contributed by atoms with van der Waals surface area (Å²) in [7, 11) is 0. The van der Waals surface area contributed by atoms with E-state index in [1.54, 1.807) is 17.2 Å². The number of amides is 1. The number of aromatic nitrogens is 2. The van der Waals surface area contributed by atoms with Crippen LogP contribution in [0, 0.1) is 17.2 Å². The zero-order chi connectivity index (χ0) is 17.6. The molecule has 0 aromatic carbocycles. The molecule has 7 heteroatoms. The van der Waals surface area contributed by atoms with Gasteiger partial charge in [-0.05, 0) is 31.3 Å². The molecule has 1 N–H and O–H groups in total. The van der Waals surface area contributed by atoms with Gasteiger partial charge in [-0.3, -0.25) is 4.79 Å². The maximum Gasteiger partial charge on any atom is 0.223 e. The number of carbonyl (C=O) groups excluding carboxylic acids is 1. The van der Waals surface area contributed by atoms with Crippen LogP contribution in [0.4, 0.5) is 10.2 Å². The van der Waals surface area contributed by atoms with Crippen molar-refractivity contribution in [3.8, 4) is 6.07 Å². The number of hydrogen-bond donors (Lipinski definition) is 1. The quantitative estimate of drug-likeness (QED) is 0.909. The third-order valence-corrected chi connectivity index (χ3v) is 4.91. The first-order valence-electron chi connectivity index (χ1n) is 8.76. The summed E-state index contributed by atoms with van der Waals surface area (Å²) < 4.78 is 13.4. The van der Waals surface area contributed by atoms with Crippen molar-refractivity contribution in [3.63, 3.8) is 0 Å². The highest BCUT2D eigenvalue weighted by molar-refractivity contribution is 5.77. The van der Waals surface area contributed by atoms with Crippen LogP contribution in [-0.2, 0) is 4.79 Å². The molecular formula is C18H22FN5O. The van der Waals surface area contributed by atoms with Gasteiger partial charge in [0, 0.05) is 19.0 Å². The number of carbonyl (C=O) groups is 1. The van der Waals surface area contributed by atoms with E-state index in [0.29, 0.717) is 25.2 Å². The molecule has 1 aliphatic carbocycles. The van der Waals surface area contributed by atoms with Crippen molar-refractivity contribution < 1.29 is 9.18 Å². The Kier molecular flexibility index (Phi) is 5.59. The Balaban J connectivity index is 1.61. The Bertz CT molecular complexity index is 682. The molecule has 1 amide bonds. The lowest BCUT2D eigenvalue weighted by Gasteiger charge is -2.34. The van der Waals surface area contributed by atoms with Crippen LogP contribution in [0.25, 0.3) is 0 Å². The standard InChI is InChI=1S/C18H22FN5O/c19-14-5-3-7-24(12-14)18(25)8-13-4-1-2-6-16(13)23-17-11-21-15(9-20)10-22-17/h5,10-11,13,16H,1-4,6-8,12H2,(H,22,23)/t13-,16-/m0/s1. The molecule has 1 aliphatic heterocycles. The third kappa shape index (κ3) is 4.53. The Morgan fingerprint density at radius 1 is 1.36 bits per heavy atom. The van der Waals surface area contributed by atoms with Crippen LogP contribution < -0.4 is 5.32 Å². The molecule has 132 valence electrons. The van der Waals surface area contributed by atoms with Crippen molar-refractivity contribution in [2.24, 2.45) is 5.92 Å². The van der Waals surface area contributed by atoms with Crippen LogP contribution in [0.5, 0.6) is 0 Å². The van der Waals surface area contributed by atoms with Crippen molar-refractivity contribution in [1.82, 2.24) is 14.9 Å². The van der Waals surface area contributed by atoms with E-state index in [0.717, 1.165) is 25.7 Å². The summed E-state index contributed by atoms with van der Waals surface area (Å²) in [6.45, 7) is 0.697. The zero-order valence-corrected chi connectivity index (χ0v) is 14.1. The van der Waals surface area contributed by atoms with Gasteiger partial charge in [-0.15, -0.1) is 0 Å². The fraction of sp³-hybridized carbons (Fsp3) is 0.556. The fourth-order valence-electron chi connectivity index (χ4n) is 3.56. The van der Waals surface area contributed by atoms with E-state index in [1.165, 1.54) is 6.20 Å². The number of nitrogens with zero attached hydrogens (tertiary/aromatic N) is 4. The Hall–Kier alpha value is -2.49. The van der Waals surface area contributed by atoms with Gasteiger partial charge >= 0.3 is 0 Å². The molecule has 0 unspecified atom stereocenters. The first kappa shape index (κ1) is 17.3. The molecule has 6 nitrogen and oxygen atoms in total. The molecule has 1 saturated carbocycles. The number of nitrogens with one attached hydrogen (secondary N) is 1. The van der Waals surface area contributed by atoms with Gasteiger partial charge < -0.3 is 10.2 Å². The molecule has 1 aromatic heterocycles. The van der Waals surface area contributed by atoms with Gasteiger partial charge in [-0.1, -0.05) is 12.8 Å². The molecule has 1 aromatic rings. The Morgan fingerprint density at radius 2 is 2.20 bits per heavy atom. The number of rotatable bonds is 4. The van der Waals surface area contributed by atoms with Crippen LogP contribution in [0.3, 0.4) is 0 Å². The smallest absolute Gasteiger partial charge is 0.223 e. The molecule has 25 heavy (non-hydrogen) atoms. The van der Waals surface area contributed by atoms with Gasteiger partial charge in [0.25, 0.3) is 0 Å². The summed E-state index contributed by atoms with van der Waals surface area (Å²) in [6, 6.07) is 2.09. The molecule has 3 rings (SSSR count). The Morgan fingerprint density at radius 3 is 2.92 bits per heavy atom. The highest BCUT2D eigenvalue weighted by Gasteiger charge is 2.29.